The first kappa shape index (κ1) is 14.2. The van der Waals surface area contributed by atoms with E-state index in [2.05, 4.69) is 15.2 Å². The molecule has 0 aliphatic carbocycles. The SMILES string of the molecule is N#Cc1cc([N+](=O)[O-])cnc1NCCCN1CCCC1. The fraction of sp³-hybridized carbons (Fsp3) is 0.538. The van der Waals surface area contributed by atoms with Crippen molar-refractivity contribution in [2.24, 2.45) is 0 Å². The predicted molar refractivity (Wildman–Crippen MR) is 74.4 cm³/mol. The van der Waals surface area contributed by atoms with E-state index in [1.54, 1.807) is 0 Å². The average molecular weight is 275 g/mol. The third kappa shape index (κ3) is 3.65. The molecule has 1 aliphatic heterocycles. The van der Waals surface area contributed by atoms with Gasteiger partial charge < -0.3 is 10.2 Å². The Hall–Kier alpha value is -2.20. The Balaban J connectivity index is 1.85. The lowest BCUT2D eigenvalue weighted by atomic mass is 10.2. The number of nitriles is 1. The summed E-state index contributed by atoms with van der Waals surface area (Å²) in [6, 6.07) is 3.18. The van der Waals surface area contributed by atoms with Gasteiger partial charge in [0.15, 0.2) is 0 Å². The number of likely N-dealkylation sites (tertiary alicyclic amines) is 1. The third-order valence-corrected chi connectivity index (χ3v) is 3.35. The summed E-state index contributed by atoms with van der Waals surface area (Å²) in [5.41, 5.74) is 0.0459. The number of nitro groups is 1. The maximum Gasteiger partial charge on any atom is 0.289 e. The molecule has 0 unspecified atom stereocenters. The Morgan fingerprint density at radius 1 is 1.50 bits per heavy atom. The van der Waals surface area contributed by atoms with Crippen LogP contribution in [-0.4, -0.2) is 41.0 Å². The third-order valence-electron chi connectivity index (χ3n) is 3.35. The Kier molecular flexibility index (Phi) is 4.85. The summed E-state index contributed by atoms with van der Waals surface area (Å²) in [4.78, 5) is 16.4. The molecule has 1 aromatic rings. The van der Waals surface area contributed by atoms with Crippen LogP contribution in [0.3, 0.4) is 0 Å². The van der Waals surface area contributed by atoms with E-state index < -0.39 is 4.92 Å². The second kappa shape index (κ2) is 6.82. The minimum atomic E-state index is -0.551. The second-order valence-electron chi connectivity index (χ2n) is 4.79. The summed E-state index contributed by atoms with van der Waals surface area (Å²) in [5.74, 6) is 0.416. The van der Waals surface area contributed by atoms with Crippen LogP contribution in [0, 0.1) is 21.4 Å². The van der Waals surface area contributed by atoms with Gasteiger partial charge in [0.05, 0.1) is 4.92 Å². The van der Waals surface area contributed by atoms with Gasteiger partial charge in [-0.05, 0) is 38.9 Å². The van der Waals surface area contributed by atoms with Crippen LogP contribution < -0.4 is 5.32 Å². The molecule has 0 spiro atoms. The lowest BCUT2D eigenvalue weighted by Gasteiger charge is -2.14. The molecule has 0 aromatic carbocycles. The molecule has 7 heteroatoms. The normalized spacial score (nSPS) is 14.9. The summed E-state index contributed by atoms with van der Waals surface area (Å²) in [6.07, 6.45) is 4.68. The van der Waals surface area contributed by atoms with Gasteiger partial charge in [0.25, 0.3) is 5.69 Å². The molecule has 0 bridgehead atoms. The zero-order chi connectivity index (χ0) is 14.4. The molecule has 20 heavy (non-hydrogen) atoms. The zero-order valence-corrected chi connectivity index (χ0v) is 11.2. The van der Waals surface area contributed by atoms with Crippen LogP contribution in [0.1, 0.15) is 24.8 Å². The van der Waals surface area contributed by atoms with Crippen molar-refractivity contribution < 1.29 is 4.92 Å². The molecule has 1 aromatic heterocycles. The molecule has 106 valence electrons. The van der Waals surface area contributed by atoms with Crippen molar-refractivity contribution in [1.82, 2.24) is 9.88 Å². The fourth-order valence-corrected chi connectivity index (χ4v) is 2.30. The van der Waals surface area contributed by atoms with Gasteiger partial charge in [-0.25, -0.2) is 4.98 Å². The summed E-state index contributed by atoms with van der Waals surface area (Å²) in [7, 11) is 0. The predicted octanol–water partition coefficient (Wildman–Crippen LogP) is 1.76. The second-order valence-corrected chi connectivity index (χ2v) is 4.79. The molecule has 0 radical (unpaired) electrons. The lowest BCUT2D eigenvalue weighted by Crippen LogP contribution is -2.22. The number of pyridine rings is 1. The molecule has 2 rings (SSSR count). The number of aromatic nitrogens is 1. The minimum absolute atomic E-state index is 0.163. The van der Waals surface area contributed by atoms with Crippen LogP contribution in [0.4, 0.5) is 11.5 Å². The first-order chi connectivity index (χ1) is 9.70. The zero-order valence-electron chi connectivity index (χ0n) is 11.2. The van der Waals surface area contributed by atoms with Crippen molar-refractivity contribution in [2.75, 3.05) is 31.5 Å². The van der Waals surface area contributed by atoms with Crippen molar-refractivity contribution in [3.8, 4) is 6.07 Å². The van der Waals surface area contributed by atoms with Crippen LogP contribution >= 0.6 is 0 Å². The highest BCUT2D eigenvalue weighted by atomic mass is 16.6. The topological polar surface area (TPSA) is 95.1 Å². The molecular weight excluding hydrogens is 258 g/mol. The number of rotatable bonds is 6. The number of nitrogens with zero attached hydrogens (tertiary/aromatic N) is 4. The Bertz CT molecular complexity index is 520. The average Bonchev–Trinajstić information content (AvgIpc) is 2.96. The summed E-state index contributed by atoms with van der Waals surface area (Å²) in [5, 5.41) is 22.7. The van der Waals surface area contributed by atoms with E-state index in [4.69, 9.17) is 5.26 Å². The van der Waals surface area contributed by atoms with Crippen LogP contribution in [0.25, 0.3) is 0 Å². The molecular formula is C13H17N5O2. The number of anilines is 1. The number of nitrogens with one attached hydrogen (secondary N) is 1. The smallest absolute Gasteiger partial charge is 0.289 e. The van der Waals surface area contributed by atoms with Gasteiger partial charge in [0.2, 0.25) is 0 Å². The Morgan fingerprint density at radius 3 is 2.90 bits per heavy atom. The summed E-state index contributed by atoms with van der Waals surface area (Å²) in [6.45, 7) is 4.07. The van der Waals surface area contributed by atoms with Gasteiger partial charge >= 0.3 is 0 Å². The van der Waals surface area contributed by atoms with Gasteiger partial charge in [-0.3, -0.25) is 10.1 Å². The number of hydrogen-bond acceptors (Lipinski definition) is 6. The Morgan fingerprint density at radius 2 is 2.25 bits per heavy atom. The van der Waals surface area contributed by atoms with E-state index in [-0.39, 0.29) is 11.3 Å². The molecule has 1 saturated heterocycles. The van der Waals surface area contributed by atoms with Crippen LogP contribution in [0.5, 0.6) is 0 Å². The van der Waals surface area contributed by atoms with Gasteiger partial charge in [-0.2, -0.15) is 5.26 Å². The van der Waals surface area contributed by atoms with Crippen molar-refractivity contribution in [2.45, 2.75) is 19.3 Å². The maximum absolute atomic E-state index is 10.6. The van der Waals surface area contributed by atoms with Gasteiger partial charge in [-0.1, -0.05) is 0 Å². The molecule has 7 nitrogen and oxygen atoms in total. The standard InChI is InChI=1S/C13H17N5O2/c14-9-11-8-12(18(19)20)10-16-13(11)15-4-3-7-17-5-1-2-6-17/h8,10H,1-7H2,(H,15,16). The van der Waals surface area contributed by atoms with Gasteiger partial charge in [0, 0.05) is 12.6 Å². The molecule has 1 aliphatic rings. The first-order valence-corrected chi connectivity index (χ1v) is 6.71. The van der Waals surface area contributed by atoms with Gasteiger partial charge in [-0.15, -0.1) is 0 Å². The highest BCUT2D eigenvalue weighted by Crippen LogP contribution is 2.18. The van der Waals surface area contributed by atoms with Crippen LogP contribution in [0.2, 0.25) is 0 Å². The highest BCUT2D eigenvalue weighted by Gasteiger charge is 2.13. The molecule has 0 amide bonds. The van der Waals surface area contributed by atoms with E-state index in [1.165, 1.54) is 38.2 Å². The van der Waals surface area contributed by atoms with E-state index >= 15 is 0 Å². The molecule has 0 saturated carbocycles. The summed E-state index contributed by atoms with van der Waals surface area (Å²) >= 11 is 0. The first-order valence-electron chi connectivity index (χ1n) is 6.71. The van der Waals surface area contributed by atoms with Crippen LogP contribution in [-0.2, 0) is 0 Å². The summed E-state index contributed by atoms with van der Waals surface area (Å²) < 4.78 is 0. The minimum Gasteiger partial charge on any atom is -0.369 e. The molecule has 2 heterocycles. The van der Waals surface area contributed by atoms with Crippen molar-refractivity contribution in [3.63, 3.8) is 0 Å². The number of hydrogen-bond donors (Lipinski definition) is 1. The molecule has 1 N–H and O–H groups in total. The highest BCUT2D eigenvalue weighted by molar-refractivity contribution is 5.55. The van der Waals surface area contributed by atoms with E-state index in [1.807, 2.05) is 6.07 Å². The Labute approximate surface area is 117 Å². The fourth-order valence-electron chi connectivity index (χ4n) is 2.30. The largest absolute Gasteiger partial charge is 0.369 e. The monoisotopic (exact) mass is 275 g/mol. The van der Waals surface area contributed by atoms with Crippen LogP contribution in [0.15, 0.2) is 12.3 Å². The molecule has 1 fully saturated rings. The van der Waals surface area contributed by atoms with Gasteiger partial charge in [0.1, 0.15) is 23.6 Å². The molecule has 0 atom stereocenters. The lowest BCUT2D eigenvalue weighted by molar-refractivity contribution is -0.385. The van der Waals surface area contributed by atoms with E-state index in [0.717, 1.165) is 13.0 Å². The maximum atomic E-state index is 10.6. The van der Waals surface area contributed by atoms with Crippen molar-refractivity contribution >= 4 is 11.5 Å². The van der Waals surface area contributed by atoms with E-state index in [0.29, 0.717) is 12.4 Å². The van der Waals surface area contributed by atoms with Crippen molar-refractivity contribution in [3.05, 3.63) is 27.9 Å². The van der Waals surface area contributed by atoms with E-state index in [9.17, 15) is 10.1 Å². The van der Waals surface area contributed by atoms with Crippen molar-refractivity contribution in [1.29, 1.82) is 5.26 Å². The quantitative estimate of drug-likeness (QED) is 0.483.